The summed E-state index contributed by atoms with van der Waals surface area (Å²) in [5, 5.41) is 11.7. The Morgan fingerprint density at radius 3 is 2.29 bits per heavy atom. The van der Waals surface area contributed by atoms with Crippen molar-refractivity contribution in [1.82, 2.24) is 15.0 Å². The minimum atomic E-state index is 0.671. The molecule has 0 spiro atoms. The van der Waals surface area contributed by atoms with Crippen LogP contribution in [0.15, 0.2) is 36.4 Å². The van der Waals surface area contributed by atoms with Gasteiger partial charge in [0.15, 0.2) is 0 Å². The van der Waals surface area contributed by atoms with Gasteiger partial charge in [0.05, 0.1) is 5.69 Å². The molecule has 0 bridgehead atoms. The van der Waals surface area contributed by atoms with E-state index in [0.717, 1.165) is 41.1 Å². The molecule has 1 N–H and O–H groups in total. The smallest absolute Gasteiger partial charge is 0.211 e. The van der Waals surface area contributed by atoms with Crippen molar-refractivity contribution in [2.45, 2.75) is 20.8 Å². The normalized spacial score (nSPS) is 10.8. The zero-order chi connectivity index (χ0) is 17.1. The number of carbonyl (C=O) groups is 1. The first-order chi connectivity index (χ1) is 11.7. The molecule has 0 fully saturated rings. The molecule has 24 heavy (non-hydrogen) atoms. The Hall–Kier alpha value is -2.89. The molecule has 0 aliphatic rings. The monoisotopic (exact) mass is 323 g/mol. The number of carbonyl (C=O) groups excluding carboxylic acids is 1. The van der Waals surface area contributed by atoms with Gasteiger partial charge in [-0.2, -0.15) is 4.80 Å². The molecule has 0 aliphatic heterocycles. The average molecular weight is 323 g/mol. The molecule has 6 nitrogen and oxygen atoms in total. The van der Waals surface area contributed by atoms with E-state index in [1.807, 2.05) is 31.2 Å². The Kier molecular flexibility index (Phi) is 4.46. The van der Waals surface area contributed by atoms with Gasteiger partial charge in [0.2, 0.25) is 6.41 Å². The van der Waals surface area contributed by atoms with Gasteiger partial charge >= 0.3 is 0 Å². The average Bonchev–Trinajstić information content (AvgIpc) is 3.00. The highest BCUT2D eigenvalue weighted by Gasteiger charge is 2.09. The van der Waals surface area contributed by atoms with Crippen LogP contribution in [0.25, 0.3) is 16.7 Å². The third kappa shape index (κ3) is 2.95. The van der Waals surface area contributed by atoms with Crippen LogP contribution in [-0.4, -0.2) is 34.5 Å². The highest BCUT2D eigenvalue weighted by Crippen LogP contribution is 2.22. The van der Waals surface area contributed by atoms with Gasteiger partial charge in [-0.25, -0.2) is 0 Å². The van der Waals surface area contributed by atoms with Crippen molar-refractivity contribution in [2.75, 3.05) is 23.3 Å². The lowest BCUT2D eigenvalue weighted by Crippen LogP contribution is -2.21. The summed E-state index contributed by atoms with van der Waals surface area (Å²) in [5.74, 6) is 0. The second-order valence-corrected chi connectivity index (χ2v) is 5.60. The number of aromatic nitrogens is 3. The van der Waals surface area contributed by atoms with E-state index in [1.54, 1.807) is 4.80 Å². The molecule has 0 radical (unpaired) electrons. The molecule has 2 aromatic carbocycles. The van der Waals surface area contributed by atoms with Gasteiger partial charge < -0.3 is 10.2 Å². The van der Waals surface area contributed by atoms with E-state index in [9.17, 15) is 4.79 Å². The number of amides is 1. The number of nitrogens with one attached hydrogen (secondary N) is 1. The van der Waals surface area contributed by atoms with Gasteiger partial charge in [-0.05, 0) is 62.7 Å². The van der Waals surface area contributed by atoms with Gasteiger partial charge in [0.1, 0.15) is 11.0 Å². The topological polar surface area (TPSA) is 63.1 Å². The number of hydrogen-bond acceptors (Lipinski definition) is 4. The van der Waals surface area contributed by atoms with Crippen molar-refractivity contribution in [3.8, 4) is 5.69 Å². The predicted molar refractivity (Wildman–Crippen MR) is 96.8 cm³/mol. The zero-order valence-electron chi connectivity index (χ0n) is 14.2. The molecule has 0 saturated heterocycles. The fraction of sp³-hybridized carbons (Fsp3) is 0.278. The summed E-state index contributed by atoms with van der Waals surface area (Å²) in [6, 6.07) is 12.0. The van der Waals surface area contributed by atoms with Gasteiger partial charge in [-0.1, -0.05) is 0 Å². The Labute approximate surface area is 141 Å². The van der Waals surface area contributed by atoms with Crippen molar-refractivity contribution in [2.24, 2.45) is 0 Å². The standard InChI is InChI=1S/C18H21N5O/c1-4-22(5-2)14-6-8-15(9-7-14)23-20-17-10-13(3)16(19-12-24)11-18(17)21-23/h6-12H,4-5H2,1-3H3,(H,19,24). The SMILES string of the molecule is CCN(CC)c1ccc(-n2nc3cc(C)c(NC=O)cc3n2)cc1. The maximum Gasteiger partial charge on any atom is 0.211 e. The van der Waals surface area contributed by atoms with E-state index in [1.165, 1.54) is 5.69 Å². The molecule has 1 aromatic heterocycles. The lowest BCUT2D eigenvalue weighted by atomic mass is 10.2. The highest BCUT2D eigenvalue weighted by atomic mass is 16.1. The van der Waals surface area contributed by atoms with Crippen LogP contribution < -0.4 is 10.2 Å². The quantitative estimate of drug-likeness (QED) is 0.708. The van der Waals surface area contributed by atoms with Crippen LogP contribution in [0.1, 0.15) is 19.4 Å². The molecule has 0 saturated carbocycles. The Morgan fingerprint density at radius 1 is 1.08 bits per heavy atom. The van der Waals surface area contributed by atoms with E-state index in [-0.39, 0.29) is 0 Å². The number of anilines is 2. The lowest BCUT2D eigenvalue weighted by Gasteiger charge is -2.20. The van der Waals surface area contributed by atoms with Crippen LogP contribution in [0.3, 0.4) is 0 Å². The first-order valence-electron chi connectivity index (χ1n) is 8.09. The summed E-state index contributed by atoms with van der Waals surface area (Å²) in [4.78, 5) is 14.6. The zero-order valence-corrected chi connectivity index (χ0v) is 14.2. The molecule has 0 unspecified atom stereocenters. The van der Waals surface area contributed by atoms with Crippen LogP contribution in [-0.2, 0) is 4.79 Å². The van der Waals surface area contributed by atoms with E-state index in [0.29, 0.717) is 6.41 Å². The summed E-state index contributed by atoms with van der Waals surface area (Å²) in [5.41, 5.74) is 5.35. The third-order valence-corrected chi connectivity index (χ3v) is 4.15. The maximum atomic E-state index is 10.7. The largest absolute Gasteiger partial charge is 0.372 e. The summed E-state index contributed by atoms with van der Waals surface area (Å²) in [6.45, 7) is 8.18. The predicted octanol–water partition coefficient (Wildman–Crippen LogP) is 3.14. The molecule has 6 heteroatoms. The van der Waals surface area contributed by atoms with E-state index < -0.39 is 0 Å². The Balaban J connectivity index is 1.96. The highest BCUT2D eigenvalue weighted by molar-refractivity contribution is 5.84. The summed E-state index contributed by atoms with van der Waals surface area (Å²) < 4.78 is 0. The number of benzene rings is 2. The number of aryl methyl sites for hydroxylation is 1. The molecular formula is C18H21N5O. The molecule has 3 aromatic rings. The fourth-order valence-electron chi connectivity index (χ4n) is 2.79. The van der Waals surface area contributed by atoms with E-state index in [2.05, 4.69) is 46.4 Å². The Morgan fingerprint density at radius 2 is 1.71 bits per heavy atom. The number of hydrogen-bond donors (Lipinski definition) is 1. The second kappa shape index (κ2) is 6.70. The van der Waals surface area contributed by atoms with Gasteiger partial charge in [-0.15, -0.1) is 10.2 Å². The van der Waals surface area contributed by atoms with Crippen molar-refractivity contribution in [3.05, 3.63) is 42.0 Å². The molecule has 0 aliphatic carbocycles. The van der Waals surface area contributed by atoms with Crippen molar-refractivity contribution in [1.29, 1.82) is 0 Å². The van der Waals surface area contributed by atoms with Crippen LogP contribution in [0.2, 0.25) is 0 Å². The van der Waals surface area contributed by atoms with Crippen molar-refractivity contribution < 1.29 is 4.79 Å². The van der Waals surface area contributed by atoms with Gasteiger partial charge in [0, 0.05) is 24.5 Å². The molecular weight excluding hydrogens is 302 g/mol. The second-order valence-electron chi connectivity index (χ2n) is 5.60. The van der Waals surface area contributed by atoms with Crippen LogP contribution in [0, 0.1) is 6.92 Å². The molecule has 0 atom stereocenters. The number of fused-ring (bicyclic) bond motifs is 1. The van der Waals surface area contributed by atoms with Gasteiger partial charge in [-0.3, -0.25) is 4.79 Å². The lowest BCUT2D eigenvalue weighted by molar-refractivity contribution is -0.105. The Bertz CT molecular complexity index is 850. The first kappa shape index (κ1) is 16.0. The van der Waals surface area contributed by atoms with E-state index in [4.69, 9.17) is 0 Å². The summed E-state index contributed by atoms with van der Waals surface area (Å²) >= 11 is 0. The molecule has 1 amide bonds. The number of rotatable bonds is 6. The van der Waals surface area contributed by atoms with Crippen molar-refractivity contribution >= 4 is 28.8 Å². The summed E-state index contributed by atoms with van der Waals surface area (Å²) in [7, 11) is 0. The van der Waals surface area contributed by atoms with Gasteiger partial charge in [0.25, 0.3) is 0 Å². The van der Waals surface area contributed by atoms with Crippen LogP contribution in [0.4, 0.5) is 11.4 Å². The fourth-order valence-corrected chi connectivity index (χ4v) is 2.79. The molecule has 1 heterocycles. The first-order valence-corrected chi connectivity index (χ1v) is 8.09. The molecule has 124 valence electrons. The minimum Gasteiger partial charge on any atom is -0.372 e. The number of nitrogens with zero attached hydrogens (tertiary/aromatic N) is 4. The minimum absolute atomic E-state index is 0.671. The van der Waals surface area contributed by atoms with Crippen molar-refractivity contribution in [3.63, 3.8) is 0 Å². The summed E-state index contributed by atoms with van der Waals surface area (Å²) in [6.07, 6.45) is 0.671. The van der Waals surface area contributed by atoms with Crippen LogP contribution in [0.5, 0.6) is 0 Å². The van der Waals surface area contributed by atoms with Crippen LogP contribution >= 0.6 is 0 Å². The molecule has 3 rings (SSSR count). The maximum absolute atomic E-state index is 10.7. The third-order valence-electron chi connectivity index (χ3n) is 4.15. The van der Waals surface area contributed by atoms with E-state index >= 15 is 0 Å².